The van der Waals surface area contributed by atoms with Crippen LogP contribution in [0, 0.1) is 5.92 Å². The highest BCUT2D eigenvalue weighted by atomic mass is 16.5. The van der Waals surface area contributed by atoms with Crippen molar-refractivity contribution in [2.24, 2.45) is 13.0 Å². The fraction of sp³-hybridized carbons (Fsp3) is 0.400. The molecule has 0 spiro atoms. The van der Waals surface area contributed by atoms with E-state index in [1.54, 1.807) is 0 Å². The average Bonchev–Trinajstić information content (AvgIpc) is 3.38. The predicted octanol–water partition coefficient (Wildman–Crippen LogP) is 2.53. The molecule has 1 aliphatic heterocycles. The number of hydrogen-bond acceptors (Lipinski definition) is 4. The molecule has 2 atom stereocenters. The second kappa shape index (κ2) is 7.85. The number of benzene rings is 1. The SMILES string of the molecule is Cn1ccnc1[C@@H]1OCC[C@H]1CNCc1cccc(Cn2cccn2)c1. The molecule has 0 radical (unpaired) electrons. The normalized spacial score (nSPS) is 19.9. The first-order valence-electron chi connectivity index (χ1n) is 9.14. The van der Waals surface area contributed by atoms with Crippen LogP contribution in [0.4, 0.5) is 0 Å². The second-order valence-electron chi connectivity index (χ2n) is 6.89. The molecule has 2 aromatic heterocycles. The topological polar surface area (TPSA) is 56.9 Å². The summed E-state index contributed by atoms with van der Waals surface area (Å²) in [6.45, 7) is 3.40. The lowest BCUT2D eigenvalue weighted by Gasteiger charge is -2.19. The molecule has 4 rings (SSSR count). The minimum Gasteiger partial charge on any atom is -0.370 e. The minimum absolute atomic E-state index is 0.0913. The van der Waals surface area contributed by atoms with Gasteiger partial charge in [0, 0.05) is 57.4 Å². The fourth-order valence-electron chi connectivity index (χ4n) is 3.60. The Morgan fingerprint density at radius 2 is 2.12 bits per heavy atom. The summed E-state index contributed by atoms with van der Waals surface area (Å²) < 4.78 is 9.94. The van der Waals surface area contributed by atoms with Gasteiger partial charge in [0.05, 0.1) is 6.54 Å². The van der Waals surface area contributed by atoms with Crippen molar-refractivity contribution in [3.8, 4) is 0 Å². The van der Waals surface area contributed by atoms with E-state index in [9.17, 15) is 0 Å². The minimum atomic E-state index is 0.0913. The molecule has 6 heteroatoms. The van der Waals surface area contributed by atoms with Crippen LogP contribution in [0.1, 0.15) is 29.5 Å². The van der Waals surface area contributed by atoms with E-state index < -0.39 is 0 Å². The van der Waals surface area contributed by atoms with Gasteiger partial charge >= 0.3 is 0 Å². The van der Waals surface area contributed by atoms with Crippen molar-refractivity contribution in [1.29, 1.82) is 0 Å². The highest BCUT2D eigenvalue weighted by molar-refractivity contribution is 5.23. The Morgan fingerprint density at radius 3 is 2.92 bits per heavy atom. The van der Waals surface area contributed by atoms with Crippen molar-refractivity contribution in [2.75, 3.05) is 13.2 Å². The summed E-state index contributed by atoms with van der Waals surface area (Å²) in [5.41, 5.74) is 2.56. The zero-order chi connectivity index (χ0) is 17.8. The third kappa shape index (κ3) is 3.86. The molecule has 0 bridgehead atoms. The van der Waals surface area contributed by atoms with Crippen LogP contribution in [0.3, 0.4) is 0 Å². The number of rotatable bonds is 7. The lowest BCUT2D eigenvalue weighted by Crippen LogP contribution is -2.25. The number of nitrogens with zero attached hydrogens (tertiary/aromatic N) is 4. The van der Waals surface area contributed by atoms with Gasteiger partial charge < -0.3 is 14.6 Å². The summed E-state index contributed by atoms with van der Waals surface area (Å²) in [4.78, 5) is 4.46. The Morgan fingerprint density at radius 1 is 1.19 bits per heavy atom. The Bertz CT molecular complexity index is 826. The standard InChI is InChI=1S/C20H25N5O/c1-24-10-8-22-20(24)19-18(6-11-26-19)14-21-13-16-4-2-5-17(12-16)15-25-9-3-7-23-25/h2-5,7-10,12,18-19,21H,6,11,13-15H2,1H3/t18-,19+/m0/s1. The lowest BCUT2D eigenvalue weighted by molar-refractivity contribution is 0.0811. The molecule has 1 aliphatic rings. The number of imidazole rings is 1. The Labute approximate surface area is 153 Å². The zero-order valence-electron chi connectivity index (χ0n) is 15.1. The maximum atomic E-state index is 5.94. The molecular weight excluding hydrogens is 326 g/mol. The zero-order valence-corrected chi connectivity index (χ0v) is 15.1. The molecular formula is C20H25N5O. The van der Waals surface area contributed by atoms with Gasteiger partial charge in [0.1, 0.15) is 11.9 Å². The van der Waals surface area contributed by atoms with Crippen LogP contribution in [0.5, 0.6) is 0 Å². The van der Waals surface area contributed by atoms with E-state index in [1.807, 2.05) is 42.6 Å². The summed E-state index contributed by atoms with van der Waals surface area (Å²) in [6.07, 6.45) is 8.78. The van der Waals surface area contributed by atoms with Crippen LogP contribution in [0.25, 0.3) is 0 Å². The van der Waals surface area contributed by atoms with Gasteiger partial charge in [0.15, 0.2) is 0 Å². The van der Waals surface area contributed by atoms with Crippen molar-refractivity contribution in [1.82, 2.24) is 24.6 Å². The van der Waals surface area contributed by atoms with Gasteiger partial charge in [-0.25, -0.2) is 4.98 Å². The summed E-state index contributed by atoms with van der Waals surface area (Å²) in [6, 6.07) is 10.6. The van der Waals surface area contributed by atoms with Gasteiger partial charge in [-0.3, -0.25) is 4.68 Å². The number of aryl methyl sites for hydroxylation is 1. The van der Waals surface area contributed by atoms with Crippen molar-refractivity contribution < 1.29 is 4.74 Å². The van der Waals surface area contributed by atoms with Crippen molar-refractivity contribution >= 4 is 0 Å². The summed E-state index contributed by atoms with van der Waals surface area (Å²) in [5, 5.41) is 7.88. The van der Waals surface area contributed by atoms with Crippen molar-refractivity contribution in [2.45, 2.75) is 25.6 Å². The number of aromatic nitrogens is 4. The van der Waals surface area contributed by atoms with E-state index in [2.05, 4.69) is 44.2 Å². The Kier molecular flexibility index (Phi) is 5.13. The number of ether oxygens (including phenoxy) is 1. The van der Waals surface area contributed by atoms with Gasteiger partial charge in [0.25, 0.3) is 0 Å². The molecule has 136 valence electrons. The average molecular weight is 351 g/mol. The van der Waals surface area contributed by atoms with Gasteiger partial charge in [-0.15, -0.1) is 0 Å². The Balaban J connectivity index is 1.32. The molecule has 1 saturated heterocycles. The fourth-order valence-corrected chi connectivity index (χ4v) is 3.60. The molecule has 1 aromatic carbocycles. The predicted molar refractivity (Wildman–Crippen MR) is 99.5 cm³/mol. The van der Waals surface area contributed by atoms with Crippen LogP contribution in [-0.2, 0) is 24.9 Å². The van der Waals surface area contributed by atoms with E-state index in [1.165, 1.54) is 11.1 Å². The van der Waals surface area contributed by atoms with Crippen LogP contribution in [-0.4, -0.2) is 32.5 Å². The first kappa shape index (κ1) is 17.0. The second-order valence-corrected chi connectivity index (χ2v) is 6.89. The first-order chi connectivity index (χ1) is 12.8. The van der Waals surface area contributed by atoms with Gasteiger partial charge in [-0.1, -0.05) is 24.3 Å². The van der Waals surface area contributed by atoms with E-state index in [0.717, 1.165) is 38.5 Å². The van der Waals surface area contributed by atoms with Crippen LogP contribution < -0.4 is 5.32 Å². The smallest absolute Gasteiger partial charge is 0.137 e. The molecule has 1 N–H and O–H groups in total. The van der Waals surface area contributed by atoms with Gasteiger partial charge in [0.2, 0.25) is 0 Å². The summed E-state index contributed by atoms with van der Waals surface area (Å²) >= 11 is 0. The van der Waals surface area contributed by atoms with E-state index in [4.69, 9.17) is 4.74 Å². The van der Waals surface area contributed by atoms with E-state index in [-0.39, 0.29) is 6.10 Å². The van der Waals surface area contributed by atoms with Crippen molar-refractivity contribution in [3.05, 3.63) is 72.1 Å². The molecule has 0 amide bonds. The molecule has 0 unspecified atom stereocenters. The maximum Gasteiger partial charge on any atom is 0.137 e. The first-order valence-corrected chi connectivity index (χ1v) is 9.14. The van der Waals surface area contributed by atoms with Crippen molar-refractivity contribution in [3.63, 3.8) is 0 Å². The van der Waals surface area contributed by atoms with E-state index >= 15 is 0 Å². The third-order valence-corrected chi connectivity index (χ3v) is 4.96. The van der Waals surface area contributed by atoms with Crippen LogP contribution in [0.2, 0.25) is 0 Å². The van der Waals surface area contributed by atoms with E-state index in [0.29, 0.717) is 5.92 Å². The van der Waals surface area contributed by atoms with Gasteiger partial charge in [-0.2, -0.15) is 5.10 Å². The molecule has 26 heavy (non-hydrogen) atoms. The molecule has 6 nitrogen and oxygen atoms in total. The molecule has 0 aliphatic carbocycles. The number of hydrogen-bond donors (Lipinski definition) is 1. The molecule has 0 saturated carbocycles. The molecule has 3 aromatic rings. The largest absolute Gasteiger partial charge is 0.370 e. The number of nitrogens with one attached hydrogen (secondary N) is 1. The lowest BCUT2D eigenvalue weighted by atomic mass is 10.0. The van der Waals surface area contributed by atoms with Gasteiger partial charge in [-0.05, 0) is 23.6 Å². The highest BCUT2D eigenvalue weighted by Crippen LogP contribution is 2.32. The quantitative estimate of drug-likeness (QED) is 0.711. The summed E-state index contributed by atoms with van der Waals surface area (Å²) in [7, 11) is 2.03. The monoisotopic (exact) mass is 351 g/mol. The molecule has 1 fully saturated rings. The third-order valence-electron chi connectivity index (χ3n) is 4.96. The van der Waals surface area contributed by atoms with Crippen LogP contribution >= 0.6 is 0 Å². The molecule has 3 heterocycles. The summed E-state index contributed by atoms with van der Waals surface area (Å²) in [5.74, 6) is 1.49. The highest BCUT2D eigenvalue weighted by Gasteiger charge is 2.31. The Hall–Kier alpha value is -2.44. The maximum absolute atomic E-state index is 5.94. The van der Waals surface area contributed by atoms with Crippen LogP contribution in [0.15, 0.2) is 55.1 Å².